The Morgan fingerprint density at radius 2 is 2.00 bits per heavy atom. The molecule has 3 aromatic rings. The molecule has 1 aliphatic rings. The largest absolute Gasteiger partial charge is 0.395 e. The first-order valence-electron chi connectivity index (χ1n) is 11.0. The Kier molecular flexibility index (Phi) is 6.11. The van der Waals surface area contributed by atoms with Crippen molar-refractivity contribution in [3.05, 3.63) is 60.4 Å². The second kappa shape index (κ2) is 8.97. The van der Waals surface area contributed by atoms with Crippen molar-refractivity contribution in [2.75, 3.05) is 25.0 Å². The zero-order chi connectivity index (χ0) is 22.7. The highest BCUT2D eigenvalue weighted by atomic mass is 16.3. The molecule has 1 aromatic heterocycles. The van der Waals surface area contributed by atoms with E-state index in [2.05, 4.69) is 28.5 Å². The third-order valence-electron chi connectivity index (χ3n) is 6.20. The molecule has 1 amide bonds. The van der Waals surface area contributed by atoms with Gasteiger partial charge in [0.15, 0.2) is 0 Å². The average Bonchev–Trinajstić information content (AvgIpc) is 2.84. The van der Waals surface area contributed by atoms with E-state index in [0.717, 1.165) is 40.4 Å². The van der Waals surface area contributed by atoms with E-state index in [9.17, 15) is 15.2 Å². The highest BCUT2D eigenvalue weighted by Crippen LogP contribution is 2.32. The Bertz CT molecular complexity index is 1170. The Morgan fingerprint density at radius 3 is 2.72 bits per heavy atom. The second-order valence-electron chi connectivity index (χ2n) is 9.07. The third-order valence-corrected chi connectivity index (χ3v) is 6.20. The number of nitrogens with one attached hydrogen (secondary N) is 1. The standard InChI is InChI=1S/C26H28N4O2/c1-26(2,17-31)25(32)30-10-7-22(8-11-30)29-24-14-21(13-20-6-9-28-16-23(20)24)19-5-3-4-18(12-19)15-27/h3-6,9,12-14,16,22,29,31H,7-8,10-11,17H2,1-2H3. The SMILES string of the molecule is CC(C)(CO)C(=O)N1CCC(Nc2cc(-c3cccc(C#N)c3)cc3ccncc23)CC1. The van der Waals surface area contributed by atoms with Crippen LogP contribution in [0.25, 0.3) is 21.9 Å². The van der Waals surface area contributed by atoms with Gasteiger partial charge in [0.2, 0.25) is 5.91 Å². The number of aliphatic hydroxyl groups is 1. The number of nitriles is 1. The quantitative estimate of drug-likeness (QED) is 0.636. The lowest BCUT2D eigenvalue weighted by Crippen LogP contribution is -2.48. The van der Waals surface area contributed by atoms with Crippen LogP contribution in [0, 0.1) is 16.7 Å². The van der Waals surface area contributed by atoms with E-state index in [1.807, 2.05) is 35.4 Å². The fourth-order valence-corrected chi connectivity index (χ4v) is 4.20. The first-order valence-corrected chi connectivity index (χ1v) is 11.0. The predicted molar refractivity (Wildman–Crippen MR) is 126 cm³/mol. The van der Waals surface area contributed by atoms with Crippen LogP contribution in [-0.2, 0) is 4.79 Å². The number of nitrogens with zero attached hydrogens (tertiary/aromatic N) is 3. The van der Waals surface area contributed by atoms with Crippen molar-refractivity contribution in [2.24, 2.45) is 5.41 Å². The van der Waals surface area contributed by atoms with Gasteiger partial charge in [0, 0.05) is 42.6 Å². The third kappa shape index (κ3) is 4.44. The van der Waals surface area contributed by atoms with E-state index in [1.165, 1.54) is 0 Å². The van der Waals surface area contributed by atoms with Crippen molar-refractivity contribution >= 4 is 22.4 Å². The molecule has 6 heteroatoms. The molecular weight excluding hydrogens is 400 g/mol. The first-order chi connectivity index (χ1) is 15.4. The molecule has 32 heavy (non-hydrogen) atoms. The molecule has 0 atom stereocenters. The maximum absolute atomic E-state index is 12.7. The fraction of sp³-hybridized carbons (Fsp3) is 0.346. The molecule has 0 spiro atoms. The molecule has 0 radical (unpaired) electrons. The molecule has 6 nitrogen and oxygen atoms in total. The molecule has 1 fully saturated rings. The summed E-state index contributed by atoms with van der Waals surface area (Å²) in [5.41, 5.74) is 2.94. The molecule has 2 aromatic carbocycles. The van der Waals surface area contributed by atoms with Crippen molar-refractivity contribution in [3.63, 3.8) is 0 Å². The van der Waals surface area contributed by atoms with Gasteiger partial charge in [-0.2, -0.15) is 5.26 Å². The number of aliphatic hydroxyl groups excluding tert-OH is 1. The summed E-state index contributed by atoms with van der Waals surface area (Å²) in [5.74, 6) is 0.00692. The highest BCUT2D eigenvalue weighted by Gasteiger charge is 2.33. The normalized spacial score (nSPS) is 14.9. The maximum atomic E-state index is 12.7. The number of anilines is 1. The number of hydrogen-bond donors (Lipinski definition) is 2. The molecule has 1 saturated heterocycles. The zero-order valence-corrected chi connectivity index (χ0v) is 18.5. The summed E-state index contributed by atoms with van der Waals surface area (Å²) in [6.07, 6.45) is 5.33. The molecular formula is C26H28N4O2. The van der Waals surface area contributed by atoms with Gasteiger partial charge in [-0.15, -0.1) is 0 Å². The Balaban J connectivity index is 1.57. The summed E-state index contributed by atoms with van der Waals surface area (Å²) in [7, 11) is 0. The van der Waals surface area contributed by atoms with E-state index in [0.29, 0.717) is 18.7 Å². The number of hydrogen-bond acceptors (Lipinski definition) is 5. The number of likely N-dealkylation sites (tertiary alicyclic amines) is 1. The van der Waals surface area contributed by atoms with Gasteiger partial charge in [0.05, 0.1) is 23.7 Å². The van der Waals surface area contributed by atoms with Crippen molar-refractivity contribution < 1.29 is 9.90 Å². The Labute approximate surface area is 188 Å². The number of aromatic nitrogens is 1. The smallest absolute Gasteiger partial charge is 0.230 e. The number of amides is 1. The number of pyridine rings is 1. The average molecular weight is 429 g/mol. The van der Waals surface area contributed by atoms with Gasteiger partial charge in [0.1, 0.15) is 0 Å². The van der Waals surface area contributed by atoms with Crippen molar-refractivity contribution in [3.8, 4) is 17.2 Å². The summed E-state index contributed by atoms with van der Waals surface area (Å²) in [6.45, 7) is 4.75. The minimum atomic E-state index is -0.742. The molecule has 0 saturated carbocycles. The maximum Gasteiger partial charge on any atom is 0.230 e. The molecule has 164 valence electrons. The number of rotatable bonds is 5. The zero-order valence-electron chi connectivity index (χ0n) is 18.5. The van der Waals surface area contributed by atoms with Gasteiger partial charge in [-0.05, 0) is 73.5 Å². The lowest BCUT2D eigenvalue weighted by atomic mass is 9.91. The highest BCUT2D eigenvalue weighted by molar-refractivity contribution is 5.97. The molecule has 0 bridgehead atoms. The van der Waals surface area contributed by atoms with Gasteiger partial charge in [-0.3, -0.25) is 9.78 Å². The number of carbonyl (C=O) groups is 1. The van der Waals surface area contributed by atoms with Gasteiger partial charge in [-0.1, -0.05) is 12.1 Å². The molecule has 1 aliphatic heterocycles. The molecule has 4 rings (SSSR count). The summed E-state index contributed by atoms with van der Waals surface area (Å²) in [4.78, 5) is 18.8. The second-order valence-corrected chi connectivity index (χ2v) is 9.07. The van der Waals surface area contributed by atoms with Gasteiger partial charge in [0.25, 0.3) is 0 Å². The van der Waals surface area contributed by atoms with Crippen molar-refractivity contribution in [2.45, 2.75) is 32.7 Å². The molecule has 0 unspecified atom stereocenters. The Morgan fingerprint density at radius 1 is 1.22 bits per heavy atom. The van der Waals surface area contributed by atoms with E-state index < -0.39 is 5.41 Å². The van der Waals surface area contributed by atoms with Crippen LogP contribution in [0.4, 0.5) is 5.69 Å². The minimum Gasteiger partial charge on any atom is -0.395 e. The lowest BCUT2D eigenvalue weighted by Gasteiger charge is -2.37. The van der Waals surface area contributed by atoms with Gasteiger partial charge < -0.3 is 15.3 Å². The van der Waals surface area contributed by atoms with Gasteiger partial charge >= 0.3 is 0 Å². The first kappa shape index (κ1) is 21.8. The van der Waals surface area contributed by atoms with E-state index in [-0.39, 0.29) is 18.6 Å². The fourth-order valence-electron chi connectivity index (χ4n) is 4.20. The van der Waals surface area contributed by atoms with Crippen LogP contribution < -0.4 is 5.32 Å². The molecule has 2 heterocycles. The van der Waals surface area contributed by atoms with Crippen LogP contribution in [0.15, 0.2) is 54.9 Å². The van der Waals surface area contributed by atoms with Crippen LogP contribution in [-0.4, -0.2) is 46.6 Å². The number of benzene rings is 2. The Hall–Kier alpha value is -3.43. The minimum absolute atomic E-state index is 0.00692. The summed E-state index contributed by atoms with van der Waals surface area (Å²) in [5, 5.41) is 24.6. The van der Waals surface area contributed by atoms with Crippen molar-refractivity contribution in [1.29, 1.82) is 5.26 Å². The topological polar surface area (TPSA) is 89.2 Å². The predicted octanol–water partition coefficient (Wildman–Crippen LogP) is 4.19. The summed E-state index contributed by atoms with van der Waals surface area (Å²) < 4.78 is 0. The van der Waals surface area contributed by atoms with Gasteiger partial charge in [-0.25, -0.2) is 0 Å². The van der Waals surface area contributed by atoms with E-state index >= 15 is 0 Å². The molecule has 0 aliphatic carbocycles. The van der Waals surface area contributed by atoms with Crippen LogP contribution in [0.2, 0.25) is 0 Å². The van der Waals surface area contributed by atoms with Crippen molar-refractivity contribution in [1.82, 2.24) is 9.88 Å². The van der Waals surface area contributed by atoms with Crippen LogP contribution >= 0.6 is 0 Å². The number of carbonyl (C=O) groups excluding carboxylic acids is 1. The lowest BCUT2D eigenvalue weighted by molar-refractivity contribution is -0.143. The van der Waals surface area contributed by atoms with Crippen LogP contribution in [0.5, 0.6) is 0 Å². The molecule has 2 N–H and O–H groups in total. The van der Waals surface area contributed by atoms with E-state index in [4.69, 9.17) is 0 Å². The monoisotopic (exact) mass is 428 g/mol. The summed E-state index contributed by atoms with van der Waals surface area (Å²) in [6, 6.07) is 16.3. The number of piperidine rings is 1. The van der Waals surface area contributed by atoms with Crippen LogP contribution in [0.3, 0.4) is 0 Å². The van der Waals surface area contributed by atoms with E-state index in [1.54, 1.807) is 26.1 Å². The summed E-state index contributed by atoms with van der Waals surface area (Å²) >= 11 is 0. The number of fused-ring (bicyclic) bond motifs is 1. The van der Waals surface area contributed by atoms with Crippen LogP contribution in [0.1, 0.15) is 32.3 Å².